The van der Waals surface area contributed by atoms with Crippen molar-refractivity contribution >= 4 is 27.5 Å². The topological polar surface area (TPSA) is 130 Å². The Balaban J connectivity index is 2.07. The normalized spacial score (nSPS) is 13.6. The van der Waals surface area contributed by atoms with E-state index in [1.807, 2.05) is 0 Å². The van der Waals surface area contributed by atoms with Gasteiger partial charge in [-0.25, -0.2) is 8.42 Å². The zero-order chi connectivity index (χ0) is 21.1. The summed E-state index contributed by atoms with van der Waals surface area (Å²) in [4.78, 5) is 23.6. The molecule has 0 saturated carbocycles. The van der Waals surface area contributed by atoms with E-state index in [0.717, 1.165) is 5.56 Å². The van der Waals surface area contributed by atoms with Gasteiger partial charge in [-0.15, -0.1) is 0 Å². The molecule has 0 fully saturated rings. The SMILES string of the molecule is CC(=O)Nc1cccc(C(C)NC(=O)[C@H](C)NS(=O)(=O)c2c(C)noc2C)c1. The summed E-state index contributed by atoms with van der Waals surface area (Å²) in [6, 6.07) is 5.62. The van der Waals surface area contributed by atoms with Gasteiger partial charge in [-0.3, -0.25) is 9.59 Å². The number of rotatable bonds is 7. The summed E-state index contributed by atoms with van der Waals surface area (Å²) in [5, 5.41) is 9.06. The second-order valence-corrected chi connectivity index (χ2v) is 8.18. The Morgan fingerprint density at radius 2 is 1.86 bits per heavy atom. The van der Waals surface area contributed by atoms with E-state index in [9.17, 15) is 18.0 Å². The lowest BCUT2D eigenvalue weighted by Gasteiger charge is -2.19. The molecule has 0 aliphatic carbocycles. The molecule has 2 aromatic rings. The molecular weight excluding hydrogens is 384 g/mol. The molecule has 0 saturated heterocycles. The summed E-state index contributed by atoms with van der Waals surface area (Å²) in [5.41, 5.74) is 1.60. The lowest BCUT2D eigenvalue weighted by Crippen LogP contribution is -2.45. The van der Waals surface area contributed by atoms with Gasteiger partial charge in [0.05, 0.1) is 12.1 Å². The molecule has 0 aliphatic rings. The first-order chi connectivity index (χ1) is 13.0. The standard InChI is InChI=1S/C18H24N4O5S/c1-10(15-7-6-8-16(9-15)20-14(5)23)19-18(24)12(3)22-28(25,26)17-11(2)21-27-13(17)4/h6-10,12,22H,1-5H3,(H,19,24)(H,20,23)/t10?,12-/m0/s1. The minimum absolute atomic E-state index is 0.0665. The summed E-state index contributed by atoms with van der Waals surface area (Å²) in [6.45, 7) is 7.62. The molecule has 2 amide bonds. The Kier molecular flexibility index (Phi) is 6.57. The summed E-state index contributed by atoms with van der Waals surface area (Å²) in [5.74, 6) is -0.537. The minimum atomic E-state index is -3.96. The summed E-state index contributed by atoms with van der Waals surface area (Å²) in [7, 11) is -3.96. The highest BCUT2D eigenvalue weighted by molar-refractivity contribution is 7.89. The first-order valence-corrected chi connectivity index (χ1v) is 10.1. The predicted octanol–water partition coefficient (Wildman–Crippen LogP) is 1.79. The van der Waals surface area contributed by atoms with Gasteiger partial charge in [0, 0.05) is 12.6 Å². The third-order valence-corrected chi connectivity index (χ3v) is 5.81. The monoisotopic (exact) mass is 408 g/mol. The van der Waals surface area contributed by atoms with Crippen LogP contribution in [0.15, 0.2) is 33.7 Å². The fourth-order valence-corrected chi connectivity index (χ4v) is 4.25. The van der Waals surface area contributed by atoms with Gasteiger partial charge in [0.25, 0.3) is 0 Å². The average Bonchev–Trinajstić information content (AvgIpc) is 2.93. The van der Waals surface area contributed by atoms with Crippen molar-refractivity contribution in [1.29, 1.82) is 0 Å². The van der Waals surface area contributed by atoms with Gasteiger partial charge in [0.15, 0.2) is 5.76 Å². The summed E-state index contributed by atoms with van der Waals surface area (Å²) in [6.07, 6.45) is 0. The van der Waals surface area contributed by atoms with Gasteiger partial charge < -0.3 is 15.2 Å². The summed E-state index contributed by atoms with van der Waals surface area (Å²) < 4.78 is 32.3. The second-order valence-electron chi connectivity index (χ2n) is 6.53. The minimum Gasteiger partial charge on any atom is -0.360 e. The van der Waals surface area contributed by atoms with Crippen LogP contribution in [0.2, 0.25) is 0 Å². The Bertz CT molecular complexity index is 964. The number of aromatic nitrogens is 1. The van der Waals surface area contributed by atoms with E-state index < -0.39 is 28.0 Å². The van der Waals surface area contributed by atoms with Crippen LogP contribution in [-0.2, 0) is 19.6 Å². The van der Waals surface area contributed by atoms with E-state index in [1.54, 1.807) is 31.2 Å². The largest absolute Gasteiger partial charge is 0.360 e. The molecule has 1 heterocycles. The Morgan fingerprint density at radius 1 is 1.18 bits per heavy atom. The number of hydrogen-bond acceptors (Lipinski definition) is 6. The zero-order valence-electron chi connectivity index (χ0n) is 16.4. The van der Waals surface area contributed by atoms with Crippen LogP contribution in [-0.4, -0.2) is 31.4 Å². The molecule has 0 bridgehead atoms. The maximum Gasteiger partial charge on any atom is 0.246 e. The molecule has 152 valence electrons. The third kappa shape index (κ3) is 5.17. The van der Waals surface area contributed by atoms with Crippen molar-refractivity contribution in [3.05, 3.63) is 41.3 Å². The molecule has 1 aromatic carbocycles. The third-order valence-electron chi connectivity index (χ3n) is 4.03. The van der Waals surface area contributed by atoms with Crippen molar-refractivity contribution in [2.45, 2.75) is 51.6 Å². The van der Waals surface area contributed by atoms with E-state index >= 15 is 0 Å². The van der Waals surface area contributed by atoms with E-state index in [1.165, 1.54) is 27.7 Å². The quantitative estimate of drug-likeness (QED) is 0.640. The van der Waals surface area contributed by atoms with Crippen molar-refractivity contribution < 1.29 is 22.5 Å². The van der Waals surface area contributed by atoms with Crippen LogP contribution in [0, 0.1) is 13.8 Å². The van der Waals surface area contributed by atoms with Crippen LogP contribution in [0.5, 0.6) is 0 Å². The number of carbonyl (C=O) groups is 2. The van der Waals surface area contributed by atoms with Crippen molar-refractivity contribution in [1.82, 2.24) is 15.2 Å². The smallest absolute Gasteiger partial charge is 0.246 e. The van der Waals surface area contributed by atoms with Gasteiger partial charge in [-0.05, 0) is 45.4 Å². The van der Waals surface area contributed by atoms with Gasteiger partial charge in [0.2, 0.25) is 21.8 Å². The molecule has 0 radical (unpaired) electrons. The highest BCUT2D eigenvalue weighted by Gasteiger charge is 2.28. The maximum absolute atomic E-state index is 12.5. The first-order valence-electron chi connectivity index (χ1n) is 8.64. The molecule has 10 heteroatoms. The number of nitrogens with one attached hydrogen (secondary N) is 3. The molecular formula is C18H24N4O5S. The molecule has 9 nitrogen and oxygen atoms in total. The maximum atomic E-state index is 12.5. The highest BCUT2D eigenvalue weighted by Crippen LogP contribution is 2.20. The van der Waals surface area contributed by atoms with Gasteiger partial charge >= 0.3 is 0 Å². The summed E-state index contributed by atoms with van der Waals surface area (Å²) >= 11 is 0. The van der Waals surface area contributed by atoms with Gasteiger partial charge in [0.1, 0.15) is 10.6 Å². The van der Waals surface area contributed by atoms with Crippen LogP contribution >= 0.6 is 0 Å². The fourth-order valence-electron chi connectivity index (χ4n) is 2.71. The van der Waals surface area contributed by atoms with Crippen LogP contribution < -0.4 is 15.4 Å². The van der Waals surface area contributed by atoms with Gasteiger partial charge in [-0.2, -0.15) is 4.72 Å². The van der Waals surface area contributed by atoms with Crippen molar-refractivity contribution in [3.8, 4) is 0 Å². The number of nitrogens with zero attached hydrogens (tertiary/aromatic N) is 1. The van der Waals surface area contributed by atoms with Crippen molar-refractivity contribution in [3.63, 3.8) is 0 Å². The molecule has 28 heavy (non-hydrogen) atoms. The van der Waals surface area contributed by atoms with Crippen LogP contribution in [0.4, 0.5) is 5.69 Å². The Hall–Kier alpha value is -2.72. The van der Waals surface area contributed by atoms with Crippen molar-refractivity contribution in [2.24, 2.45) is 0 Å². The van der Waals surface area contributed by atoms with E-state index in [-0.39, 0.29) is 22.3 Å². The lowest BCUT2D eigenvalue weighted by atomic mass is 10.1. The number of carbonyl (C=O) groups excluding carboxylic acids is 2. The number of anilines is 1. The van der Waals surface area contributed by atoms with E-state index in [0.29, 0.717) is 5.69 Å². The molecule has 3 N–H and O–H groups in total. The Labute approximate surface area is 163 Å². The predicted molar refractivity (Wildman–Crippen MR) is 103 cm³/mol. The Morgan fingerprint density at radius 3 is 2.43 bits per heavy atom. The van der Waals surface area contributed by atoms with Crippen LogP contribution in [0.3, 0.4) is 0 Å². The van der Waals surface area contributed by atoms with Crippen LogP contribution in [0.25, 0.3) is 0 Å². The first kappa shape index (κ1) is 21.6. The van der Waals surface area contributed by atoms with E-state index in [4.69, 9.17) is 4.52 Å². The zero-order valence-corrected chi connectivity index (χ0v) is 17.2. The average molecular weight is 408 g/mol. The molecule has 0 spiro atoms. The number of hydrogen-bond donors (Lipinski definition) is 3. The number of benzene rings is 1. The molecule has 1 aromatic heterocycles. The number of amides is 2. The van der Waals surface area contributed by atoms with Gasteiger partial charge in [-0.1, -0.05) is 17.3 Å². The second kappa shape index (κ2) is 8.53. The molecule has 0 aliphatic heterocycles. The van der Waals surface area contributed by atoms with Crippen molar-refractivity contribution in [2.75, 3.05) is 5.32 Å². The molecule has 2 atom stereocenters. The molecule has 2 rings (SSSR count). The van der Waals surface area contributed by atoms with E-state index in [2.05, 4.69) is 20.5 Å². The fraction of sp³-hybridized carbons (Fsp3) is 0.389. The van der Waals surface area contributed by atoms with Crippen LogP contribution in [0.1, 0.15) is 43.8 Å². The highest BCUT2D eigenvalue weighted by atomic mass is 32.2. The number of sulfonamides is 1. The lowest BCUT2D eigenvalue weighted by molar-refractivity contribution is -0.123. The molecule has 1 unspecified atom stereocenters. The number of aryl methyl sites for hydroxylation is 2.